The van der Waals surface area contributed by atoms with E-state index in [9.17, 15) is 13.6 Å². The molecule has 0 radical (unpaired) electrons. The van der Waals surface area contributed by atoms with E-state index < -0.39 is 12.6 Å². The molecule has 0 spiro atoms. The number of furan rings is 1. The second-order valence-electron chi connectivity index (χ2n) is 2.97. The molecule has 84 valence electrons. The largest absolute Gasteiger partial charge is 0.475 e. The second-order valence-corrected chi connectivity index (χ2v) is 2.97. The first-order valence-corrected chi connectivity index (χ1v) is 4.28. The van der Waals surface area contributed by atoms with Gasteiger partial charge in [0.15, 0.2) is 11.3 Å². The fraction of sp³-hybridized carbons (Fsp3) is 0.100. The molecule has 1 N–H and O–H groups in total. The molecule has 0 atom stereocenters. The summed E-state index contributed by atoms with van der Waals surface area (Å²) in [6, 6.07) is 5.55. The van der Waals surface area contributed by atoms with Crippen molar-refractivity contribution >= 4 is 16.9 Å². The van der Waals surface area contributed by atoms with E-state index in [1.807, 2.05) is 0 Å². The van der Waals surface area contributed by atoms with Crippen LogP contribution >= 0.6 is 0 Å². The zero-order valence-corrected chi connectivity index (χ0v) is 7.81. The van der Waals surface area contributed by atoms with Gasteiger partial charge in [-0.05, 0) is 12.1 Å². The minimum Gasteiger partial charge on any atom is -0.475 e. The Bertz CT molecular complexity index is 533. The number of hydrogen-bond donors (Lipinski definition) is 1. The lowest BCUT2D eigenvalue weighted by molar-refractivity contribution is -0.0493. The molecule has 0 unspecified atom stereocenters. The van der Waals surface area contributed by atoms with E-state index in [0.29, 0.717) is 5.39 Å². The number of rotatable bonds is 3. The van der Waals surface area contributed by atoms with Crippen molar-refractivity contribution in [2.24, 2.45) is 0 Å². The van der Waals surface area contributed by atoms with Gasteiger partial charge in [0.1, 0.15) is 0 Å². The van der Waals surface area contributed by atoms with Gasteiger partial charge < -0.3 is 14.3 Å². The number of benzene rings is 1. The third kappa shape index (κ3) is 1.81. The number of halogens is 2. The molecule has 0 saturated heterocycles. The first-order valence-electron chi connectivity index (χ1n) is 4.28. The summed E-state index contributed by atoms with van der Waals surface area (Å²) in [5.41, 5.74) is 0.000185. The van der Waals surface area contributed by atoms with Crippen molar-refractivity contribution in [2.75, 3.05) is 0 Å². The van der Waals surface area contributed by atoms with Gasteiger partial charge >= 0.3 is 12.6 Å². The predicted octanol–water partition coefficient (Wildman–Crippen LogP) is 2.73. The predicted molar refractivity (Wildman–Crippen MR) is 49.8 cm³/mol. The summed E-state index contributed by atoms with van der Waals surface area (Å²) < 4.78 is 33.2. The van der Waals surface area contributed by atoms with Crippen LogP contribution in [0, 0.1) is 0 Å². The summed E-state index contributed by atoms with van der Waals surface area (Å²) in [6.07, 6.45) is 0. The minimum atomic E-state index is -2.98. The highest BCUT2D eigenvalue weighted by Crippen LogP contribution is 2.29. The molecular weight excluding hydrogens is 222 g/mol. The number of para-hydroxylation sites is 1. The van der Waals surface area contributed by atoms with Crippen LogP contribution in [0.2, 0.25) is 0 Å². The molecular formula is C10H6F2O4. The molecule has 0 saturated carbocycles. The third-order valence-corrected chi connectivity index (χ3v) is 1.93. The van der Waals surface area contributed by atoms with Gasteiger partial charge in [-0.1, -0.05) is 12.1 Å². The molecule has 0 aliphatic heterocycles. The number of carboxylic acids is 1. The highest BCUT2D eigenvalue weighted by molar-refractivity contribution is 5.93. The van der Waals surface area contributed by atoms with Crippen LogP contribution < -0.4 is 4.74 Å². The second kappa shape index (κ2) is 3.80. The Labute approximate surface area is 88.0 Å². The van der Waals surface area contributed by atoms with Crippen LogP contribution in [0.15, 0.2) is 28.7 Å². The van der Waals surface area contributed by atoms with Crippen LogP contribution in [0.5, 0.6) is 5.75 Å². The Morgan fingerprint density at radius 3 is 2.81 bits per heavy atom. The SMILES string of the molecule is O=C(O)c1cc2cccc(OC(F)F)c2o1. The minimum absolute atomic E-state index is 0.000185. The lowest BCUT2D eigenvalue weighted by Gasteiger charge is -2.03. The summed E-state index contributed by atoms with van der Waals surface area (Å²) >= 11 is 0. The van der Waals surface area contributed by atoms with Crippen LogP contribution in [0.4, 0.5) is 8.78 Å². The van der Waals surface area contributed by atoms with E-state index >= 15 is 0 Å². The maximum atomic E-state index is 12.0. The number of carbonyl (C=O) groups is 1. The lowest BCUT2D eigenvalue weighted by atomic mass is 10.2. The summed E-state index contributed by atoms with van der Waals surface area (Å²) in [5, 5.41) is 9.07. The fourth-order valence-electron chi connectivity index (χ4n) is 1.33. The zero-order valence-electron chi connectivity index (χ0n) is 7.81. The topological polar surface area (TPSA) is 59.7 Å². The molecule has 1 aromatic carbocycles. The number of fused-ring (bicyclic) bond motifs is 1. The Morgan fingerprint density at radius 2 is 2.19 bits per heavy atom. The molecule has 0 bridgehead atoms. The molecule has 2 aromatic rings. The van der Waals surface area contributed by atoms with E-state index in [4.69, 9.17) is 9.52 Å². The van der Waals surface area contributed by atoms with Crippen molar-refractivity contribution in [1.29, 1.82) is 0 Å². The van der Waals surface area contributed by atoms with E-state index in [0.717, 1.165) is 0 Å². The van der Waals surface area contributed by atoms with Crippen molar-refractivity contribution < 1.29 is 27.8 Å². The van der Waals surface area contributed by atoms with Gasteiger partial charge in [-0.2, -0.15) is 8.78 Å². The fourth-order valence-corrected chi connectivity index (χ4v) is 1.33. The average Bonchev–Trinajstić information content (AvgIpc) is 2.61. The van der Waals surface area contributed by atoms with Gasteiger partial charge in [0.05, 0.1) is 0 Å². The average molecular weight is 228 g/mol. The zero-order chi connectivity index (χ0) is 11.7. The highest BCUT2D eigenvalue weighted by Gasteiger charge is 2.15. The normalized spacial score (nSPS) is 10.9. The van der Waals surface area contributed by atoms with E-state index in [2.05, 4.69) is 4.74 Å². The van der Waals surface area contributed by atoms with E-state index in [1.54, 1.807) is 6.07 Å². The monoisotopic (exact) mass is 228 g/mol. The van der Waals surface area contributed by atoms with Crippen LogP contribution in [0.1, 0.15) is 10.6 Å². The molecule has 6 heteroatoms. The molecule has 0 amide bonds. The molecule has 0 aliphatic carbocycles. The maximum Gasteiger partial charge on any atom is 0.387 e. The first-order chi connectivity index (χ1) is 7.58. The van der Waals surface area contributed by atoms with Gasteiger partial charge in [0.25, 0.3) is 0 Å². The first kappa shape index (κ1) is 10.4. The summed E-state index contributed by atoms with van der Waals surface area (Å²) in [6.45, 7) is -2.98. The van der Waals surface area contributed by atoms with Crippen molar-refractivity contribution in [3.05, 3.63) is 30.0 Å². The number of carboxylic acid groups (broad SMARTS) is 1. The third-order valence-electron chi connectivity index (χ3n) is 1.93. The number of ether oxygens (including phenoxy) is 1. The molecule has 16 heavy (non-hydrogen) atoms. The van der Waals surface area contributed by atoms with E-state index in [1.165, 1.54) is 18.2 Å². The van der Waals surface area contributed by atoms with Crippen molar-refractivity contribution in [2.45, 2.75) is 6.61 Å². The summed E-state index contributed by atoms with van der Waals surface area (Å²) in [5.74, 6) is -1.76. The summed E-state index contributed by atoms with van der Waals surface area (Å²) in [7, 11) is 0. The quantitative estimate of drug-likeness (QED) is 0.877. The van der Waals surface area contributed by atoms with Gasteiger partial charge in [-0.25, -0.2) is 4.79 Å². The standard InChI is InChI=1S/C10H6F2O4/c11-10(12)16-6-3-1-2-5-4-7(9(13)14)15-8(5)6/h1-4,10H,(H,13,14). The van der Waals surface area contributed by atoms with Crippen LogP contribution in [0.3, 0.4) is 0 Å². The maximum absolute atomic E-state index is 12.0. The Hall–Kier alpha value is -2.11. The van der Waals surface area contributed by atoms with Crippen LogP contribution in [0.25, 0.3) is 11.0 Å². The lowest BCUT2D eigenvalue weighted by Crippen LogP contribution is -2.01. The van der Waals surface area contributed by atoms with Gasteiger partial charge in [0, 0.05) is 5.39 Å². The van der Waals surface area contributed by atoms with Crippen LogP contribution in [-0.4, -0.2) is 17.7 Å². The number of alkyl halides is 2. The van der Waals surface area contributed by atoms with Crippen molar-refractivity contribution in [1.82, 2.24) is 0 Å². The molecule has 4 nitrogen and oxygen atoms in total. The van der Waals surface area contributed by atoms with Crippen molar-refractivity contribution in [3.63, 3.8) is 0 Å². The van der Waals surface area contributed by atoms with Crippen LogP contribution in [-0.2, 0) is 0 Å². The summed E-state index contributed by atoms with van der Waals surface area (Å²) in [4.78, 5) is 10.6. The molecule has 1 aromatic heterocycles. The molecule has 2 rings (SSSR count). The smallest absolute Gasteiger partial charge is 0.387 e. The van der Waals surface area contributed by atoms with Gasteiger partial charge in [-0.3, -0.25) is 0 Å². The molecule has 1 heterocycles. The van der Waals surface area contributed by atoms with Gasteiger partial charge in [-0.15, -0.1) is 0 Å². The number of aromatic carboxylic acids is 1. The molecule has 0 fully saturated rings. The Balaban J connectivity index is 2.54. The molecule has 0 aliphatic rings. The Kier molecular flexibility index (Phi) is 2.47. The van der Waals surface area contributed by atoms with Gasteiger partial charge in [0.2, 0.25) is 5.76 Å². The van der Waals surface area contributed by atoms with Crippen molar-refractivity contribution in [3.8, 4) is 5.75 Å². The number of hydrogen-bond acceptors (Lipinski definition) is 3. The Morgan fingerprint density at radius 1 is 1.44 bits per heavy atom. The highest BCUT2D eigenvalue weighted by atomic mass is 19.3. The van der Waals surface area contributed by atoms with E-state index in [-0.39, 0.29) is 17.1 Å².